The smallest absolute Gasteiger partial charge is 0.337 e. The first-order valence-electron chi connectivity index (χ1n) is 11.0. The fraction of sp³-hybridized carbons (Fsp3) is 0.375. The highest BCUT2D eigenvalue weighted by Crippen LogP contribution is 2.35. The number of carboxylic acids is 1. The van der Waals surface area contributed by atoms with Crippen molar-refractivity contribution in [1.82, 2.24) is 14.7 Å². The molecule has 166 valence electrons. The van der Waals surface area contributed by atoms with Crippen LogP contribution in [0.1, 0.15) is 46.4 Å². The van der Waals surface area contributed by atoms with Gasteiger partial charge in [-0.3, -0.25) is 9.20 Å². The van der Waals surface area contributed by atoms with Crippen LogP contribution in [0, 0.1) is 13.8 Å². The van der Waals surface area contributed by atoms with Gasteiger partial charge in [-0.15, -0.1) is 0 Å². The highest BCUT2D eigenvalue weighted by Gasteiger charge is 2.43. The molecule has 2 aliphatic heterocycles. The summed E-state index contributed by atoms with van der Waals surface area (Å²) in [4.78, 5) is 32.3. The van der Waals surface area contributed by atoms with E-state index in [1.54, 1.807) is 28.7 Å². The number of pyridine rings is 1. The molecule has 0 amide bonds. The first-order valence-corrected chi connectivity index (χ1v) is 11.0. The van der Waals surface area contributed by atoms with Gasteiger partial charge >= 0.3 is 5.97 Å². The van der Waals surface area contributed by atoms with E-state index in [9.17, 15) is 14.7 Å². The molecule has 0 aliphatic carbocycles. The van der Waals surface area contributed by atoms with Crippen molar-refractivity contribution in [1.29, 1.82) is 0 Å². The van der Waals surface area contributed by atoms with Crippen molar-refractivity contribution in [3.8, 4) is 0 Å². The normalized spacial score (nSPS) is 20.7. The van der Waals surface area contributed by atoms with E-state index in [1.165, 1.54) is 0 Å². The second-order valence-corrected chi connectivity index (χ2v) is 8.86. The van der Waals surface area contributed by atoms with E-state index >= 15 is 0 Å². The van der Waals surface area contributed by atoms with Crippen molar-refractivity contribution in [2.45, 2.75) is 45.3 Å². The summed E-state index contributed by atoms with van der Waals surface area (Å²) >= 11 is 0. The Hall–Kier alpha value is -3.39. The highest BCUT2D eigenvalue weighted by atomic mass is 16.4. The summed E-state index contributed by atoms with van der Waals surface area (Å²) in [6, 6.07) is 9.33. The minimum atomic E-state index is -0.986. The van der Waals surface area contributed by atoms with Crippen LogP contribution in [0.5, 0.6) is 0 Å². The van der Waals surface area contributed by atoms with E-state index in [4.69, 9.17) is 4.98 Å². The fourth-order valence-corrected chi connectivity index (χ4v) is 4.99. The molecule has 3 aromatic rings. The maximum absolute atomic E-state index is 13.3. The summed E-state index contributed by atoms with van der Waals surface area (Å²) in [6.45, 7) is 7.57. The zero-order chi connectivity index (χ0) is 22.6. The third-order valence-electron chi connectivity index (χ3n) is 6.62. The number of nitrogens with zero attached hydrogens (tertiary/aromatic N) is 3. The van der Waals surface area contributed by atoms with Crippen LogP contribution in [-0.2, 0) is 0 Å². The zero-order valence-corrected chi connectivity index (χ0v) is 18.4. The van der Waals surface area contributed by atoms with Gasteiger partial charge in [0.2, 0.25) is 0 Å². The Labute approximate surface area is 185 Å². The van der Waals surface area contributed by atoms with E-state index in [-0.39, 0.29) is 17.2 Å². The number of aromatic nitrogens is 2. The monoisotopic (exact) mass is 433 g/mol. The predicted molar refractivity (Wildman–Crippen MR) is 124 cm³/mol. The van der Waals surface area contributed by atoms with Gasteiger partial charge in [0, 0.05) is 42.6 Å². The third kappa shape index (κ3) is 3.22. The van der Waals surface area contributed by atoms with Gasteiger partial charge in [-0.2, -0.15) is 0 Å². The van der Waals surface area contributed by atoms with Gasteiger partial charge < -0.3 is 20.6 Å². The average molecular weight is 434 g/mol. The maximum atomic E-state index is 13.3. The van der Waals surface area contributed by atoms with Crippen LogP contribution >= 0.6 is 0 Å². The van der Waals surface area contributed by atoms with Gasteiger partial charge in [0.15, 0.2) is 0 Å². The number of para-hydroxylation sites is 1. The van der Waals surface area contributed by atoms with E-state index < -0.39 is 5.97 Å². The number of piperidine rings is 1. The maximum Gasteiger partial charge on any atom is 0.337 e. The van der Waals surface area contributed by atoms with Gasteiger partial charge in [0.25, 0.3) is 5.56 Å². The van der Waals surface area contributed by atoms with Crippen molar-refractivity contribution in [2.75, 3.05) is 23.3 Å². The Morgan fingerprint density at radius 2 is 1.97 bits per heavy atom. The van der Waals surface area contributed by atoms with Crippen LogP contribution in [0.25, 0.3) is 5.65 Å². The third-order valence-corrected chi connectivity index (χ3v) is 6.62. The second-order valence-electron chi connectivity index (χ2n) is 8.86. The lowest BCUT2D eigenvalue weighted by atomic mass is 9.88. The SMILES string of the molecule is Cc1cc([C@@H](C)Nc2ccccc2C(=O)O)c2nc(N3C4CNCC3C4)c(C)c(=O)n2c1. The van der Waals surface area contributed by atoms with Crippen molar-refractivity contribution in [3.63, 3.8) is 0 Å². The molecule has 3 N–H and O–H groups in total. The quantitative estimate of drug-likeness (QED) is 0.569. The average Bonchev–Trinajstić information content (AvgIpc) is 2.78. The lowest BCUT2D eigenvalue weighted by Gasteiger charge is -2.54. The number of hydrogen-bond donors (Lipinski definition) is 3. The van der Waals surface area contributed by atoms with Crippen LogP contribution in [0.3, 0.4) is 0 Å². The molecule has 2 bridgehead atoms. The van der Waals surface area contributed by atoms with Crippen LogP contribution in [-0.4, -0.2) is 45.6 Å². The van der Waals surface area contributed by atoms with Gasteiger partial charge in [-0.1, -0.05) is 12.1 Å². The minimum Gasteiger partial charge on any atom is -0.478 e. The van der Waals surface area contributed by atoms with Gasteiger partial charge in [-0.05, 0) is 51.0 Å². The molecule has 8 heteroatoms. The summed E-state index contributed by atoms with van der Waals surface area (Å²) in [5.41, 5.74) is 3.73. The van der Waals surface area contributed by atoms with Crippen molar-refractivity contribution in [3.05, 3.63) is 69.1 Å². The van der Waals surface area contributed by atoms with Crippen molar-refractivity contribution >= 4 is 23.1 Å². The zero-order valence-electron chi connectivity index (χ0n) is 18.4. The number of nitrogens with one attached hydrogen (secondary N) is 2. The van der Waals surface area contributed by atoms with Gasteiger partial charge in [0.05, 0.1) is 17.2 Å². The largest absolute Gasteiger partial charge is 0.478 e. The Morgan fingerprint density at radius 1 is 1.25 bits per heavy atom. The van der Waals surface area contributed by atoms with E-state index in [0.717, 1.165) is 36.5 Å². The van der Waals surface area contributed by atoms with E-state index in [0.29, 0.717) is 29.0 Å². The molecular weight excluding hydrogens is 406 g/mol. The Kier molecular flexibility index (Phi) is 4.89. The van der Waals surface area contributed by atoms with E-state index in [2.05, 4.69) is 15.5 Å². The minimum absolute atomic E-state index is 0.0639. The first-order chi connectivity index (χ1) is 15.3. The number of carboxylic acid groups (broad SMARTS) is 1. The van der Waals surface area contributed by atoms with Crippen molar-refractivity contribution in [2.24, 2.45) is 0 Å². The van der Waals surface area contributed by atoms with Crippen LogP contribution in [0.2, 0.25) is 0 Å². The molecule has 0 radical (unpaired) electrons. The van der Waals surface area contributed by atoms with Crippen molar-refractivity contribution < 1.29 is 9.90 Å². The number of hydrogen-bond acceptors (Lipinski definition) is 6. The lowest BCUT2D eigenvalue weighted by Crippen LogP contribution is -2.68. The molecule has 32 heavy (non-hydrogen) atoms. The van der Waals surface area contributed by atoms with Crippen LogP contribution in [0.4, 0.5) is 11.5 Å². The summed E-state index contributed by atoms with van der Waals surface area (Å²) < 4.78 is 1.62. The molecule has 2 fully saturated rings. The van der Waals surface area contributed by atoms with Gasteiger partial charge in [0.1, 0.15) is 11.5 Å². The summed E-state index contributed by atoms with van der Waals surface area (Å²) in [6.07, 6.45) is 2.94. The molecule has 2 aliphatic rings. The summed E-state index contributed by atoms with van der Waals surface area (Å²) in [5, 5.41) is 16.3. The molecule has 0 saturated carbocycles. The number of aryl methyl sites for hydroxylation is 1. The molecule has 2 unspecified atom stereocenters. The number of piperazine rings is 1. The Morgan fingerprint density at radius 3 is 2.66 bits per heavy atom. The number of anilines is 2. The standard InChI is InChI=1S/C24H27N5O3/c1-13-8-19(15(3)26-20-7-5-4-6-18(20)24(31)32)22-27-21(14(2)23(30)28(22)12-13)29-16-9-17(29)11-25-10-16/h4-8,12,15-17,25-26H,9-11H2,1-3H3,(H,31,32)/t15-,16?,17?/m1/s1. The molecule has 5 rings (SSSR count). The van der Waals surface area contributed by atoms with Gasteiger partial charge in [-0.25, -0.2) is 9.78 Å². The summed E-state index contributed by atoms with van der Waals surface area (Å²) in [5.74, 6) is -0.222. The number of fused-ring (bicyclic) bond motifs is 3. The molecule has 2 aromatic heterocycles. The number of rotatable bonds is 5. The lowest BCUT2D eigenvalue weighted by molar-refractivity contribution is 0.0698. The van der Waals surface area contributed by atoms with Crippen LogP contribution in [0.15, 0.2) is 41.3 Å². The topological polar surface area (TPSA) is 99.0 Å². The Balaban J connectivity index is 1.62. The first kappa shape index (κ1) is 20.5. The number of carbonyl (C=O) groups is 1. The molecule has 8 nitrogen and oxygen atoms in total. The molecule has 4 heterocycles. The molecule has 0 spiro atoms. The van der Waals surface area contributed by atoms with Crippen LogP contribution < -0.4 is 21.1 Å². The fourth-order valence-electron chi connectivity index (χ4n) is 4.99. The predicted octanol–water partition coefficient (Wildman–Crippen LogP) is 2.73. The molecular formula is C24H27N5O3. The second kappa shape index (κ2) is 7.63. The highest BCUT2D eigenvalue weighted by molar-refractivity contribution is 5.94. The molecule has 3 atom stereocenters. The number of benzene rings is 1. The van der Waals surface area contributed by atoms with E-state index in [1.807, 2.05) is 33.0 Å². The Bertz CT molecular complexity index is 1270. The number of aromatic carboxylic acids is 1. The molecule has 1 aromatic carbocycles. The summed E-state index contributed by atoms with van der Waals surface area (Å²) in [7, 11) is 0. The molecule has 2 saturated heterocycles.